The maximum absolute atomic E-state index is 2.12. The van der Waals surface area contributed by atoms with E-state index in [9.17, 15) is 0 Å². The van der Waals surface area contributed by atoms with Crippen molar-refractivity contribution >= 4 is 0 Å². The monoisotopic (exact) mass is 82.2 g/mol. The first-order valence-corrected chi connectivity index (χ1v) is 1.41. The van der Waals surface area contributed by atoms with Crippen LogP contribution in [-0.2, 0) is 0 Å². The predicted molar refractivity (Wildman–Crippen MR) is 33.7 cm³/mol. The van der Waals surface area contributed by atoms with Crippen LogP contribution in [0, 0.1) is 0 Å². The predicted octanol–water partition coefficient (Wildman–Crippen LogP) is 3.18. The van der Waals surface area contributed by atoms with Crippen LogP contribution in [0.1, 0.15) is 38.0 Å². The van der Waals surface area contributed by atoms with Gasteiger partial charge in [-0.25, -0.2) is 0 Å². The lowest BCUT2D eigenvalue weighted by Crippen LogP contribution is -1.27. The highest BCUT2D eigenvalue weighted by molar-refractivity contribution is 3.92. The fraction of sp³-hybridized carbons (Fsp3) is 1.00. The van der Waals surface area contributed by atoms with E-state index in [4.69, 9.17) is 0 Å². The lowest BCUT2D eigenvalue weighted by molar-refractivity contribution is 1.09. The van der Waals surface area contributed by atoms with Crippen molar-refractivity contribution < 1.29 is 2.85 Å². The molecule has 0 aliphatic carbocycles. The third kappa shape index (κ3) is 0. The quantitative estimate of drug-likeness (QED) is 0.421. The van der Waals surface area contributed by atoms with Gasteiger partial charge < -0.3 is 0 Å². The normalized spacial score (nSPS) is 3.60. The van der Waals surface area contributed by atoms with Crippen molar-refractivity contribution in [1.82, 2.24) is 0 Å². The zero-order chi connectivity index (χ0) is 2.71. The minimum atomic E-state index is 0. The van der Waals surface area contributed by atoms with Crippen molar-refractivity contribution in [2.24, 2.45) is 0 Å². The van der Waals surface area contributed by atoms with Crippen molar-refractivity contribution in [3.05, 3.63) is 0 Å². The van der Waals surface area contributed by atoms with Gasteiger partial charge >= 0.3 is 0 Å². The Morgan fingerprint density at radius 2 is 1.20 bits per heavy atom. The van der Waals surface area contributed by atoms with E-state index in [1.54, 1.807) is 0 Å². The summed E-state index contributed by atoms with van der Waals surface area (Å²) in [6, 6.07) is 0. The highest BCUT2D eigenvalue weighted by atomic mass is 13.4. The molecule has 0 aliphatic heterocycles. The van der Waals surface area contributed by atoms with Gasteiger partial charge in [0, 0.05) is 2.85 Å². The Hall–Kier alpha value is 0. The molecule has 0 nitrogen and oxygen atoms in total. The minimum absolute atomic E-state index is 0. The third-order valence-electron chi connectivity index (χ3n) is 0. The molecule has 40 valence electrons. The average Bonchev–Trinajstić information content (AvgIpc) is 0.918. The second-order valence-electron chi connectivity index (χ2n) is 0.707. The summed E-state index contributed by atoms with van der Waals surface area (Å²) in [4.78, 5) is 0. The van der Waals surface area contributed by atoms with Crippen LogP contribution < -0.4 is 0 Å². The van der Waals surface area contributed by atoms with E-state index in [-0.39, 0.29) is 17.7 Å². The largest absolute Gasteiger partial charge is 0.0776 e. The molecule has 0 aromatic carbocycles. The average molecular weight is 82.2 g/mol. The number of hydrogen-bond donors (Lipinski definition) is 0. The maximum Gasteiger partial charge on any atom is 0 e. The van der Waals surface area contributed by atoms with Gasteiger partial charge in [-0.2, -0.15) is 0 Å². The Morgan fingerprint density at radius 1 is 1.20 bits per heavy atom. The lowest BCUT2D eigenvalue weighted by atomic mass is 10.6. The molecule has 0 spiro atoms. The van der Waals surface area contributed by atoms with Crippen LogP contribution in [0.15, 0.2) is 0 Å². The summed E-state index contributed by atoms with van der Waals surface area (Å²) in [7, 11) is 0. The first-order valence-electron chi connectivity index (χ1n) is 1.41. The van der Waals surface area contributed by atoms with Crippen LogP contribution in [0.25, 0.3) is 0 Å². The summed E-state index contributed by atoms with van der Waals surface area (Å²) in [5.41, 5.74) is 0. The van der Waals surface area contributed by atoms with Crippen LogP contribution in [0.3, 0.4) is 0 Å². The topological polar surface area (TPSA) is 0 Å². The molecule has 0 heteroatoms. The summed E-state index contributed by atoms with van der Waals surface area (Å²) in [5.74, 6) is 0. The van der Waals surface area contributed by atoms with E-state index < -0.39 is 0 Å². The molecule has 0 radical (unpaired) electrons. The molecular formula is C5H20. The second-order valence-corrected chi connectivity index (χ2v) is 0.707. The molecule has 0 heterocycles. The minimum Gasteiger partial charge on any atom is -0.0776 e. The lowest BCUT2D eigenvalue weighted by Gasteiger charge is -1.48. The SMILES string of the molecule is C.C.CCC.[2HH].[2HH]. The van der Waals surface area contributed by atoms with Gasteiger partial charge in [-0.05, 0) is 0 Å². The highest BCUT2D eigenvalue weighted by Gasteiger charge is 1.35. The maximum atomic E-state index is 2.12. The van der Waals surface area contributed by atoms with E-state index in [1.165, 1.54) is 6.42 Å². The van der Waals surface area contributed by atoms with Crippen LogP contribution in [0.4, 0.5) is 0 Å². The Labute approximate surface area is 39.2 Å². The van der Waals surface area contributed by atoms with Crippen LogP contribution in [0.2, 0.25) is 0 Å². The molecule has 0 bridgehead atoms. The van der Waals surface area contributed by atoms with Crippen molar-refractivity contribution in [3.63, 3.8) is 0 Å². The summed E-state index contributed by atoms with van der Waals surface area (Å²) in [5, 5.41) is 0. The number of rotatable bonds is 0. The molecule has 0 unspecified atom stereocenters. The molecule has 0 aromatic heterocycles. The molecular weight excluding hydrogens is 60.1 g/mol. The summed E-state index contributed by atoms with van der Waals surface area (Å²) in [6.07, 6.45) is 1.25. The van der Waals surface area contributed by atoms with Gasteiger partial charge in [0.15, 0.2) is 0 Å². The molecule has 0 rings (SSSR count). The fourth-order valence-corrected chi connectivity index (χ4v) is 0. The van der Waals surface area contributed by atoms with Crippen LogP contribution >= 0.6 is 0 Å². The van der Waals surface area contributed by atoms with E-state index in [2.05, 4.69) is 13.8 Å². The first kappa shape index (κ1) is 20.0. The Kier molecular flexibility index (Phi) is 144. The fourth-order valence-electron chi connectivity index (χ4n) is 0. The highest BCUT2D eigenvalue weighted by Crippen LogP contribution is 1.56. The zero-order valence-electron chi connectivity index (χ0n) is 2.71. The molecule has 5 heavy (non-hydrogen) atoms. The van der Waals surface area contributed by atoms with Gasteiger partial charge in [-0.3, -0.25) is 0 Å². The molecule has 0 aromatic rings. The van der Waals surface area contributed by atoms with Gasteiger partial charge in [0.2, 0.25) is 0 Å². The van der Waals surface area contributed by atoms with E-state index in [1.807, 2.05) is 0 Å². The van der Waals surface area contributed by atoms with Gasteiger partial charge in [-0.15, -0.1) is 0 Å². The second kappa shape index (κ2) is 36.0. The molecule has 0 saturated heterocycles. The van der Waals surface area contributed by atoms with Crippen molar-refractivity contribution in [3.8, 4) is 0 Å². The van der Waals surface area contributed by atoms with Crippen molar-refractivity contribution in [2.75, 3.05) is 0 Å². The molecule has 0 saturated carbocycles. The van der Waals surface area contributed by atoms with E-state index in [0.29, 0.717) is 0 Å². The first-order chi connectivity index (χ1) is 1.41. The summed E-state index contributed by atoms with van der Waals surface area (Å²) >= 11 is 0. The summed E-state index contributed by atoms with van der Waals surface area (Å²) in [6.45, 7) is 4.25. The molecule has 0 fully saturated rings. The Balaban J connectivity index is -0.00000000333. The molecule has 0 amide bonds. The zero-order valence-corrected chi connectivity index (χ0v) is 2.71. The Bertz CT molecular complexity index is 6.04. The van der Waals surface area contributed by atoms with Crippen molar-refractivity contribution in [1.29, 1.82) is 0 Å². The molecule has 0 atom stereocenters. The van der Waals surface area contributed by atoms with Gasteiger partial charge in [0.05, 0.1) is 0 Å². The standard InChI is InChI=1S/C3H8.2CH4.2H2/c1-3-2;;;;/h3H2,1-2H3;2*1H4;2*1H/i;;;2*1+1. The van der Waals surface area contributed by atoms with Crippen molar-refractivity contribution in [2.45, 2.75) is 35.1 Å². The third-order valence-corrected chi connectivity index (χ3v) is 0. The molecule has 0 aliphatic rings. The van der Waals surface area contributed by atoms with Gasteiger partial charge in [-0.1, -0.05) is 35.1 Å². The van der Waals surface area contributed by atoms with Crippen LogP contribution in [0.5, 0.6) is 0 Å². The smallest absolute Gasteiger partial charge is 0 e. The number of hydrogen-bond acceptors (Lipinski definition) is 0. The van der Waals surface area contributed by atoms with Gasteiger partial charge in [0.25, 0.3) is 0 Å². The summed E-state index contributed by atoms with van der Waals surface area (Å²) < 4.78 is 0. The Morgan fingerprint density at radius 3 is 1.20 bits per heavy atom. The van der Waals surface area contributed by atoms with Gasteiger partial charge in [0.1, 0.15) is 0 Å². The van der Waals surface area contributed by atoms with E-state index in [0.717, 1.165) is 0 Å². The molecule has 0 N–H and O–H groups in total. The van der Waals surface area contributed by atoms with Crippen LogP contribution in [-0.4, -0.2) is 0 Å². The van der Waals surface area contributed by atoms with E-state index >= 15 is 0 Å².